The highest BCUT2D eigenvalue weighted by Gasteiger charge is 2.03. The highest BCUT2D eigenvalue weighted by Crippen LogP contribution is 2.09. The zero-order chi connectivity index (χ0) is 18.4. The second-order valence-electron chi connectivity index (χ2n) is 5.86. The van der Waals surface area contributed by atoms with Crippen molar-refractivity contribution in [1.82, 2.24) is 25.2 Å². The van der Waals surface area contributed by atoms with Gasteiger partial charge >= 0.3 is 0 Å². The summed E-state index contributed by atoms with van der Waals surface area (Å²) < 4.78 is 15.2. The van der Waals surface area contributed by atoms with Gasteiger partial charge in [-0.2, -0.15) is 0 Å². The SMILES string of the molecule is CN=C(NCc1ccc(-n2ccnc2)nc1)NCc1ccc(F)c(C)c1. The molecule has 2 heterocycles. The first kappa shape index (κ1) is 17.6. The molecule has 0 spiro atoms. The van der Waals surface area contributed by atoms with E-state index in [0.29, 0.717) is 24.6 Å². The number of benzene rings is 1. The molecule has 0 saturated carbocycles. The molecule has 7 heteroatoms. The van der Waals surface area contributed by atoms with Gasteiger partial charge in [0.1, 0.15) is 18.0 Å². The molecule has 0 bridgehead atoms. The number of hydrogen-bond donors (Lipinski definition) is 2. The first-order valence-electron chi connectivity index (χ1n) is 8.28. The van der Waals surface area contributed by atoms with Crippen LogP contribution in [0.25, 0.3) is 5.82 Å². The zero-order valence-corrected chi connectivity index (χ0v) is 14.8. The predicted molar refractivity (Wildman–Crippen MR) is 99.5 cm³/mol. The third-order valence-corrected chi connectivity index (χ3v) is 3.94. The molecule has 0 atom stereocenters. The smallest absolute Gasteiger partial charge is 0.191 e. The number of aliphatic imine (C=N–C) groups is 1. The van der Waals surface area contributed by atoms with Gasteiger partial charge in [-0.25, -0.2) is 14.4 Å². The molecule has 3 aromatic rings. The van der Waals surface area contributed by atoms with Gasteiger partial charge in [-0.1, -0.05) is 18.2 Å². The van der Waals surface area contributed by atoms with E-state index in [2.05, 4.69) is 25.6 Å². The van der Waals surface area contributed by atoms with Gasteiger partial charge in [-0.3, -0.25) is 9.56 Å². The summed E-state index contributed by atoms with van der Waals surface area (Å²) in [5.74, 6) is 1.30. The Morgan fingerprint density at radius 3 is 2.54 bits per heavy atom. The standard InChI is InChI=1S/C19H21FN6/c1-14-9-15(3-5-17(14)20)10-24-19(21-2)25-12-16-4-6-18(23-11-16)26-8-7-22-13-26/h3-9,11,13H,10,12H2,1-2H3,(H2,21,24,25). The van der Waals surface area contributed by atoms with Crippen molar-refractivity contribution in [3.63, 3.8) is 0 Å². The van der Waals surface area contributed by atoms with Gasteiger partial charge in [-0.05, 0) is 35.7 Å². The van der Waals surface area contributed by atoms with Gasteiger partial charge < -0.3 is 10.6 Å². The molecule has 0 radical (unpaired) electrons. The van der Waals surface area contributed by atoms with E-state index >= 15 is 0 Å². The summed E-state index contributed by atoms with van der Waals surface area (Å²) in [5.41, 5.74) is 2.67. The number of imidazole rings is 1. The summed E-state index contributed by atoms with van der Waals surface area (Å²) in [5, 5.41) is 6.46. The van der Waals surface area contributed by atoms with Gasteiger partial charge in [0, 0.05) is 38.7 Å². The van der Waals surface area contributed by atoms with Crippen molar-refractivity contribution in [1.29, 1.82) is 0 Å². The average molecular weight is 352 g/mol. The number of aromatic nitrogens is 3. The first-order chi connectivity index (χ1) is 12.7. The third kappa shape index (κ3) is 4.44. The van der Waals surface area contributed by atoms with E-state index in [1.807, 2.05) is 35.2 Å². The predicted octanol–water partition coefficient (Wildman–Crippen LogP) is 2.58. The van der Waals surface area contributed by atoms with Gasteiger partial charge in [0.15, 0.2) is 5.96 Å². The minimum atomic E-state index is -0.192. The van der Waals surface area contributed by atoms with Crippen molar-refractivity contribution in [2.24, 2.45) is 4.99 Å². The largest absolute Gasteiger partial charge is 0.352 e. The van der Waals surface area contributed by atoms with Crippen molar-refractivity contribution >= 4 is 5.96 Å². The van der Waals surface area contributed by atoms with E-state index in [0.717, 1.165) is 16.9 Å². The molecule has 0 aliphatic carbocycles. The van der Waals surface area contributed by atoms with E-state index < -0.39 is 0 Å². The van der Waals surface area contributed by atoms with Crippen LogP contribution >= 0.6 is 0 Å². The highest BCUT2D eigenvalue weighted by atomic mass is 19.1. The van der Waals surface area contributed by atoms with Gasteiger partial charge in [0.25, 0.3) is 0 Å². The van der Waals surface area contributed by atoms with Crippen molar-refractivity contribution in [2.75, 3.05) is 7.05 Å². The van der Waals surface area contributed by atoms with Crippen LogP contribution in [-0.2, 0) is 13.1 Å². The average Bonchev–Trinajstić information content (AvgIpc) is 3.20. The number of rotatable bonds is 5. The Balaban J connectivity index is 1.53. The van der Waals surface area contributed by atoms with Crippen molar-refractivity contribution in [3.05, 3.63) is 77.8 Å². The molecule has 0 amide bonds. The van der Waals surface area contributed by atoms with Crippen LogP contribution in [0.4, 0.5) is 4.39 Å². The lowest BCUT2D eigenvalue weighted by molar-refractivity contribution is 0.617. The fourth-order valence-electron chi connectivity index (χ4n) is 2.48. The van der Waals surface area contributed by atoms with E-state index in [4.69, 9.17) is 0 Å². The van der Waals surface area contributed by atoms with Crippen LogP contribution in [0.5, 0.6) is 0 Å². The number of guanidine groups is 1. The number of nitrogens with one attached hydrogen (secondary N) is 2. The molecular weight excluding hydrogens is 331 g/mol. The number of nitrogens with zero attached hydrogens (tertiary/aromatic N) is 4. The second-order valence-corrected chi connectivity index (χ2v) is 5.86. The van der Waals surface area contributed by atoms with Crippen LogP contribution < -0.4 is 10.6 Å². The Labute approximate surface area is 151 Å². The molecule has 3 rings (SSSR count). The van der Waals surface area contributed by atoms with Crippen LogP contribution in [0.3, 0.4) is 0 Å². The lowest BCUT2D eigenvalue weighted by atomic mass is 10.1. The van der Waals surface area contributed by atoms with E-state index in [-0.39, 0.29) is 5.82 Å². The van der Waals surface area contributed by atoms with Crippen LogP contribution in [0.15, 0.2) is 60.2 Å². The first-order valence-corrected chi connectivity index (χ1v) is 8.28. The Morgan fingerprint density at radius 2 is 1.92 bits per heavy atom. The van der Waals surface area contributed by atoms with Gasteiger partial charge in [0.05, 0.1) is 0 Å². The summed E-state index contributed by atoms with van der Waals surface area (Å²) in [4.78, 5) is 12.6. The van der Waals surface area contributed by atoms with E-state index in [9.17, 15) is 4.39 Å². The van der Waals surface area contributed by atoms with Crippen LogP contribution in [-0.4, -0.2) is 27.5 Å². The summed E-state index contributed by atoms with van der Waals surface area (Å²) in [7, 11) is 1.71. The molecule has 0 aliphatic heterocycles. The maximum Gasteiger partial charge on any atom is 0.191 e. The van der Waals surface area contributed by atoms with Crippen LogP contribution in [0.2, 0.25) is 0 Å². The molecule has 0 saturated heterocycles. The minimum Gasteiger partial charge on any atom is -0.352 e. The van der Waals surface area contributed by atoms with E-state index in [1.165, 1.54) is 6.07 Å². The van der Waals surface area contributed by atoms with Crippen LogP contribution in [0, 0.1) is 12.7 Å². The van der Waals surface area contributed by atoms with Crippen LogP contribution in [0.1, 0.15) is 16.7 Å². The molecule has 134 valence electrons. The van der Waals surface area contributed by atoms with Gasteiger partial charge in [0.2, 0.25) is 0 Å². The molecule has 1 aromatic carbocycles. The Bertz CT molecular complexity index is 872. The fourth-order valence-corrected chi connectivity index (χ4v) is 2.48. The fraction of sp³-hybridized carbons (Fsp3) is 0.211. The molecule has 26 heavy (non-hydrogen) atoms. The van der Waals surface area contributed by atoms with Crippen molar-refractivity contribution < 1.29 is 4.39 Å². The second kappa shape index (κ2) is 8.24. The normalized spacial score (nSPS) is 11.4. The number of aryl methyl sites for hydroxylation is 1. The van der Waals surface area contributed by atoms with Gasteiger partial charge in [-0.15, -0.1) is 0 Å². The maximum atomic E-state index is 13.3. The Kier molecular flexibility index (Phi) is 5.58. The molecule has 0 fully saturated rings. The Hall–Kier alpha value is -3.22. The zero-order valence-electron chi connectivity index (χ0n) is 14.8. The topological polar surface area (TPSA) is 67.1 Å². The van der Waals surface area contributed by atoms with E-state index in [1.54, 1.807) is 32.6 Å². The summed E-state index contributed by atoms with van der Waals surface area (Å²) in [6, 6.07) is 9.02. The molecule has 0 unspecified atom stereocenters. The maximum absolute atomic E-state index is 13.3. The van der Waals surface area contributed by atoms with Crippen molar-refractivity contribution in [2.45, 2.75) is 20.0 Å². The molecular formula is C19H21FN6. The summed E-state index contributed by atoms with van der Waals surface area (Å²) in [6.07, 6.45) is 7.10. The number of pyridine rings is 1. The quantitative estimate of drug-likeness (QED) is 0.547. The molecule has 2 N–H and O–H groups in total. The number of halogens is 1. The molecule has 6 nitrogen and oxygen atoms in total. The summed E-state index contributed by atoms with van der Waals surface area (Å²) in [6.45, 7) is 2.92. The highest BCUT2D eigenvalue weighted by molar-refractivity contribution is 5.79. The Morgan fingerprint density at radius 1 is 1.15 bits per heavy atom. The van der Waals surface area contributed by atoms with Crippen molar-refractivity contribution in [3.8, 4) is 5.82 Å². The number of hydrogen-bond acceptors (Lipinski definition) is 3. The molecule has 0 aliphatic rings. The summed E-state index contributed by atoms with van der Waals surface area (Å²) >= 11 is 0. The minimum absolute atomic E-state index is 0.192. The lowest BCUT2D eigenvalue weighted by Crippen LogP contribution is -2.36. The lowest BCUT2D eigenvalue weighted by Gasteiger charge is -2.12. The monoisotopic (exact) mass is 352 g/mol. The third-order valence-electron chi connectivity index (χ3n) is 3.94. The molecule has 2 aromatic heterocycles.